The fraction of sp³-hybridized carbons (Fsp3) is 0.346. The zero-order chi connectivity index (χ0) is 23.4. The van der Waals surface area contributed by atoms with Gasteiger partial charge in [-0.15, -0.1) is 0 Å². The number of hydrogen-bond acceptors (Lipinski definition) is 5. The number of hydrogen-bond donors (Lipinski definition) is 1. The number of aromatic nitrogens is 1. The molecule has 7 heteroatoms. The number of amides is 1. The lowest BCUT2D eigenvalue weighted by molar-refractivity contribution is 0.0924. The molecule has 1 N–H and O–H groups in total. The molecule has 174 valence electrons. The van der Waals surface area contributed by atoms with Crippen molar-refractivity contribution in [3.63, 3.8) is 0 Å². The molecule has 4 rings (SSSR count). The van der Waals surface area contributed by atoms with Gasteiger partial charge in [0.15, 0.2) is 11.5 Å². The predicted molar refractivity (Wildman–Crippen MR) is 127 cm³/mol. The molecule has 1 aromatic heterocycles. The summed E-state index contributed by atoms with van der Waals surface area (Å²) in [4.78, 5) is 15.6. The minimum atomic E-state index is -0.189. The molecule has 0 saturated carbocycles. The highest BCUT2D eigenvalue weighted by atomic mass is 16.5. The van der Waals surface area contributed by atoms with E-state index in [2.05, 4.69) is 45.1 Å². The fourth-order valence-corrected chi connectivity index (χ4v) is 4.53. The van der Waals surface area contributed by atoms with Gasteiger partial charge in [0.25, 0.3) is 5.91 Å². The number of nitrogens with one attached hydrogen (secondary N) is 1. The summed E-state index contributed by atoms with van der Waals surface area (Å²) in [5, 5.41) is 3.13. The molecule has 0 unspecified atom stereocenters. The predicted octanol–water partition coefficient (Wildman–Crippen LogP) is 3.58. The van der Waals surface area contributed by atoms with Gasteiger partial charge in [-0.3, -0.25) is 9.69 Å². The summed E-state index contributed by atoms with van der Waals surface area (Å²) in [6, 6.07) is 16.1. The summed E-state index contributed by atoms with van der Waals surface area (Å²) >= 11 is 0. The van der Waals surface area contributed by atoms with Crippen molar-refractivity contribution in [1.29, 1.82) is 0 Å². The molecule has 1 aliphatic heterocycles. The van der Waals surface area contributed by atoms with Gasteiger partial charge in [-0.25, -0.2) is 0 Å². The molecule has 1 amide bonds. The van der Waals surface area contributed by atoms with Gasteiger partial charge in [0.05, 0.1) is 27.4 Å². The Morgan fingerprint density at radius 2 is 1.70 bits per heavy atom. The van der Waals surface area contributed by atoms with E-state index < -0.39 is 0 Å². The number of rotatable bonds is 8. The Labute approximate surface area is 194 Å². The first kappa shape index (κ1) is 22.7. The van der Waals surface area contributed by atoms with E-state index in [4.69, 9.17) is 14.2 Å². The molecule has 33 heavy (non-hydrogen) atoms. The maximum absolute atomic E-state index is 13.1. The van der Waals surface area contributed by atoms with E-state index in [1.54, 1.807) is 33.5 Å². The van der Waals surface area contributed by atoms with Gasteiger partial charge in [-0.1, -0.05) is 24.3 Å². The summed E-state index contributed by atoms with van der Waals surface area (Å²) in [7, 11) is 6.67. The van der Waals surface area contributed by atoms with Gasteiger partial charge < -0.3 is 24.1 Å². The molecule has 0 radical (unpaired) electrons. The number of ether oxygens (including phenoxy) is 3. The molecule has 2 aromatic carbocycles. The lowest BCUT2D eigenvalue weighted by Gasteiger charge is -2.36. The lowest BCUT2D eigenvalue weighted by Crippen LogP contribution is -2.41. The Morgan fingerprint density at radius 1 is 1.00 bits per heavy atom. The van der Waals surface area contributed by atoms with E-state index in [9.17, 15) is 4.79 Å². The third-order valence-electron chi connectivity index (χ3n) is 6.31. The van der Waals surface area contributed by atoms with Crippen LogP contribution in [-0.4, -0.2) is 49.8 Å². The largest absolute Gasteiger partial charge is 0.493 e. The second kappa shape index (κ2) is 10.0. The van der Waals surface area contributed by atoms with Crippen LogP contribution in [0.25, 0.3) is 0 Å². The quantitative estimate of drug-likeness (QED) is 0.570. The lowest BCUT2D eigenvalue weighted by atomic mass is 9.97. The molecule has 0 saturated heterocycles. The van der Waals surface area contributed by atoms with Crippen LogP contribution in [0.1, 0.15) is 33.2 Å². The Balaban J connectivity index is 1.56. The van der Waals surface area contributed by atoms with Crippen molar-refractivity contribution >= 4 is 5.91 Å². The van der Waals surface area contributed by atoms with Crippen LogP contribution >= 0.6 is 0 Å². The van der Waals surface area contributed by atoms with Crippen molar-refractivity contribution < 1.29 is 19.0 Å². The maximum Gasteiger partial charge on any atom is 0.251 e. The molecule has 1 atom stereocenters. The van der Waals surface area contributed by atoms with Crippen LogP contribution in [0.15, 0.2) is 54.7 Å². The second-order valence-electron chi connectivity index (χ2n) is 8.17. The topological polar surface area (TPSA) is 65.0 Å². The van der Waals surface area contributed by atoms with Gasteiger partial charge >= 0.3 is 0 Å². The maximum atomic E-state index is 13.1. The molecule has 7 nitrogen and oxygen atoms in total. The standard InChI is InChI=1S/C26H31N3O4/c1-28-12-7-10-21(28)22(29-13-11-18-8-5-6-9-19(18)17-29)16-27-26(30)20-14-23(31-2)25(33-4)24(15-20)32-3/h5-10,12,14-15,22H,11,13,16-17H2,1-4H3,(H,27,30)/t22-/m0/s1. The van der Waals surface area contributed by atoms with Gasteiger partial charge in [0.1, 0.15) is 0 Å². The van der Waals surface area contributed by atoms with Crippen molar-refractivity contribution in [3.8, 4) is 17.2 Å². The van der Waals surface area contributed by atoms with Crippen LogP contribution < -0.4 is 19.5 Å². The summed E-state index contributed by atoms with van der Waals surface area (Å²) in [6.45, 7) is 2.27. The van der Waals surface area contributed by atoms with Crippen molar-refractivity contribution in [3.05, 3.63) is 77.1 Å². The van der Waals surface area contributed by atoms with Crippen LogP contribution in [0.2, 0.25) is 0 Å². The number of benzene rings is 2. The highest BCUT2D eigenvalue weighted by Crippen LogP contribution is 2.38. The van der Waals surface area contributed by atoms with Crippen LogP contribution in [-0.2, 0) is 20.0 Å². The van der Waals surface area contributed by atoms with E-state index in [0.29, 0.717) is 29.4 Å². The van der Waals surface area contributed by atoms with Gasteiger partial charge in [-0.05, 0) is 41.8 Å². The van der Waals surface area contributed by atoms with E-state index in [1.807, 2.05) is 19.3 Å². The summed E-state index contributed by atoms with van der Waals surface area (Å²) in [5.41, 5.74) is 4.37. The summed E-state index contributed by atoms with van der Waals surface area (Å²) in [5.74, 6) is 1.18. The minimum Gasteiger partial charge on any atom is -0.493 e. The molecule has 3 aromatic rings. The second-order valence-corrected chi connectivity index (χ2v) is 8.17. The number of carbonyl (C=O) groups is 1. The van der Waals surface area contributed by atoms with E-state index in [1.165, 1.54) is 16.8 Å². The minimum absolute atomic E-state index is 0.0457. The molecule has 2 heterocycles. The van der Waals surface area contributed by atoms with Crippen molar-refractivity contribution in [2.45, 2.75) is 19.0 Å². The molecule has 0 spiro atoms. The normalized spacial score (nSPS) is 14.3. The Morgan fingerprint density at radius 3 is 2.30 bits per heavy atom. The average Bonchev–Trinajstić information content (AvgIpc) is 3.28. The van der Waals surface area contributed by atoms with Crippen LogP contribution in [0.5, 0.6) is 17.2 Å². The SMILES string of the molecule is COc1cc(C(=O)NC[C@@H](c2cccn2C)N2CCc3ccccc3C2)cc(OC)c1OC. The number of methoxy groups -OCH3 is 3. The number of nitrogens with zero attached hydrogens (tertiary/aromatic N) is 2. The summed E-state index contributed by atoms with van der Waals surface area (Å²) < 4.78 is 18.3. The van der Waals surface area contributed by atoms with Crippen molar-refractivity contribution in [1.82, 2.24) is 14.8 Å². The molecular formula is C26H31N3O4. The van der Waals surface area contributed by atoms with Gasteiger partial charge in [-0.2, -0.15) is 0 Å². The third kappa shape index (κ3) is 4.68. The van der Waals surface area contributed by atoms with E-state index in [-0.39, 0.29) is 11.9 Å². The first-order valence-electron chi connectivity index (χ1n) is 11.1. The molecule has 0 fully saturated rings. The average molecular weight is 450 g/mol. The highest BCUT2D eigenvalue weighted by Gasteiger charge is 2.27. The Kier molecular flexibility index (Phi) is 6.89. The van der Waals surface area contributed by atoms with Crippen LogP contribution in [0.3, 0.4) is 0 Å². The fourth-order valence-electron chi connectivity index (χ4n) is 4.53. The highest BCUT2D eigenvalue weighted by molar-refractivity contribution is 5.95. The van der Waals surface area contributed by atoms with Crippen molar-refractivity contribution in [2.75, 3.05) is 34.4 Å². The summed E-state index contributed by atoms with van der Waals surface area (Å²) in [6.07, 6.45) is 3.04. The van der Waals surface area contributed by atoms with Gasteiger partial charge in [0, 0.05) is 44.1 Å². The number of fused-ring (bicyclic) bond motifs is 1. The monoisotopic (exact) mass is 449 g/mol. The van der Waals surface area contributed by atoms with E-state index >= 15 is 0 Å². The zero-order valence-corrected chi connectivity index (χ0v) is 19.6. The number of carbonyl (C=O) groups excluding carboxylic acids is 1. The van der Waals surface area contributed by atoms with Crippen LogP contribution in [0, 0.1) is 0 Å². The Bertz CT molecular complexity index is 1100. The molecular weight excluding hydrogens is 418 g/mol. The Hall–Kier alpha value is -3.45. The molecule has 0 bridgehead atoms. The van der Waals surface area contributed by atoms with Crippen molar-refractivity contribution in [2.24, 2.45) is 7.05 Å². The smallest absolute Gasteiger partial charge is 0.251 e. The van der Waals surface area contributed by atoms with Gasteiger partial charge in [0.2, 0.25) is 5.75 Å². The van der Waals surface area contributed by atoms with E-state index in [0.717, 1.165) is 19.5 Å². The zero-order valence-electron chi connectivity index (χ0n) is 19.6. The van der Waals surface area contributed by atoms with Crippen LogP contribution in [0.4, 0.5) is 0 Å². The number of aryl methyl sites for hydroxylation is 1. The third-order valence-corrected chi connectivity index (χ3v) is 6.31. The first-order chi connectivity index (χ1) is 16.0. The molecule has 1 aliphatic rings. The first-order valence-corrected chi connectivity index (χ1v) is 11.1. The molecule has 0 aliphatic carbocycles.